The highest BCUT2D eigenvalue weighted by molar-refractivity contribution is 7.90. The first-order valence-corrected chi connectivity index (χ1v) is 7.65. The lowest BCUT2D eigenvalue weighted by molar-refractivity contribution is 0.592. The Bertz CT molecular complexity index is 426. The molecule has 0 amide bonds. The van der Waals surface area contributed by atoms with Crippen LogP contribution in [0, 0.1) is 0 Å². The predicted molar refractivity (Wildman–Crippen MR) is 68.9 cm³/mol. The Morgan fingerprint density at radius 3 is 2.31 bits per heavy atom. The molecule has 0 aliphatic heterocycles. The molecule has 5 heteroatoms. The number of rotatable bonds is 5. The van der Waals surface area contributed by atoms with Crippen molar-refractivity contribution in [1.29, 1.82) is 0 Å². The lowest BCUT2D eigenvalue weighted by Gasteiger charge is -2.08. The standard InChI is InChI=1S/C11H14Cl2O2S/c1-2-10(12)8-16(14,15)7-9-3-5-11(13)6-4-9/h3-6,10H,2,7-8H2,1H3. The highest BCUT2D eigenvalue weighted by Gasteiger charge is 2.16. The summed E-state index contributed by atoms with van der Waals surface area (Å²) >= 11 is 11.6. The molecule has 0 radical (unpaired) electrons. The van der Waals surface area contributed by atoms with Gasteiger partial charge in [0.2, 0.25) is 0 Å². The summed E-state index contributed by atoms with van der Waals surface area (Å²) in [5.41, 5.74) is 0.740. The van der Waals surface area contributed by atoms with Gasteiger partial charge >= 0.3 is 0 Å². The van der Waals surface area contributed by atoms with Gasteiger partial charge in [-0.15, -0.1) is 11.6 Å². The van der Waals surface area contributed by atoms with Gasteiger partial charge in [-0.05, 0) is 24.1 Å². The molecule has 0 saturated heterocycles. The van der Waals surface area contributed by atoms with Crippen LogP contribution in [0.1, 0.15) is 18.9 Å². The van der Waals surface area contributed by atoms with Gasteiger partial charge in [0, 0.05) is 10.4 Å². The SMILES string of the molecule is CCC(Cl)CS(=O)(=O)Cc1ccc(Cl)cc1. The van der Waals surface area contributed by atoms with Crippen LogP contribution in [-0.2, 0) is 15.6 Å². The third-order valence-electron chi connectivity index (χ3n) is 2.18. The van der Waals surface area contributed by atoms with E-state index in [4.69, 9.17) is 23.2 Å². The van der Waals surface area contributed by atoms with E-state index in [0.29, 0.717) is 11.4 Å². The molecule has 1 aromatic rings. The van der Waals surface area contributed by atoms with Crippen molar-refractivity contribution in [2.45, 2.75) is 24.5 Å². The number of hydrogen-bond donors (Lipinski definition) is 0. The number of halogens is 2. The molecule has 0 aliphatic carbocycles. The Hall–Kier alpha value is -0.250. The molecular weight excluding hydrogens is 267 g/mol. The van der Waals surface area contributed by atoms with Gasteiger partial charge < -0.3 is 0 Å². The van der Waals surface area contributed by atoms with Crippen LogP contribution in [0.2, 0.25) is 5.02 Å². The minimum absolute atomic E-state index is 0.0212. The van der Waals surface area contributed by atoms with Gasteiger partial charge in [0.1, 0.15) is 0 Å². The molecule has 0 N–H and O–H groups in total. The summed E-state index contributed by atoms with van der Waals surface area (Å²) in [6, 6.07) is 6.80. The van der Waals surface area contributed by atoms with Gasteiger partial charge in [-0.2, -0.15) is 0 Å². The first-order chi connectivity index (χ1) is 7.43. The van der Waals surface area contributed by atoms with Gasteiger partial charge in [-0.1, -0.05) is 30.7 Å². The summed E-state index contributed by atoms with van der Waals surface area (Å²) in [6.07, 6.45) is 0.654. The van der Waals surface area contributed by atoms with Gasteiger partial charge in [-0.3, -0.25) is 0 Å². The summed E-state index contributed by atoms with van der Waals surface area (Å²) in [4.78, 5) is 0. The zero-order chi connectivity index (χ0) is 12.2. The quantitative estimate of drug-likeness (QED) is 0.776. The van der Waals surface area contributed by atoms with Crippen LogP contribution in [0.3, 0.4) is 0 Å². The van der Waals surface area contributed by atoms with E-state index in [2.05, 4.69) is 0 Å². The lowest BCUT2D eigenvalue weighted by Crippen LogP contribution is -2.17. The first kappa shape index (κ1) is 13.8. The summed E-state index contributed by atoms with van der Waals surface area (Å²) in [6.45, 7) is 1.87. The van der Waals surface area contributed by atoms with Crippen LogP contribution in [-0.4, -0.2) is 19.5 Å². The average Bonchev–Trinajstić information content (AvgIpc) is 2.20. The minimum Gasteiger partial charge on any atom is -0.228 e. The van der Waals surface area contributed by atoms with Crippen LogP contribution >= 0.6 is 23.2 Å². The van der Waals surface area contributed by atoms with Gasteiger partial charge in [0.15, 0.2) is 9.84 Å². The predicted octanol–water partition coefficient (Wildman–Crippen LogP) is 3.27. The van der Waals surface area contributed by atoms with E-state index < -0.39 is 9.84 Å². The normalized spacial score (nSPS) is 13.7. The Balaban J connectivity index is 2.69. The molecule has 1 atom stereocenters. The maximum Gasteiger partial charge on any atom is 0.155 e. The lowest BCUT2D eigenvalue weighted by atomic mass is 10.2. The van der Waals surface area contributed by atoms with Crippen molar-refractivity contribution < 1.29 is 8.42 Å². The highest BCUT2D eigenvalue weighted by atomic mass is 35.5. The molecule has 1 rings (SSSR count). The Kier molecular flexibility index (Phi) is 5.09. The zero-order valence-electron chi connectivity index (χ0n) is 8.99. The van der Waals surface area contributed by atoms with E-state index in [9.17, 15) is 8.42 Å². The van der Waals surface area contributed by atoms with Crippen molar-refractivity contribution >= 4 is 33.0 Å². The van der Waals surface area contributed by atoms with Gasteiger partial charge in [0.25, 0.3) is 0 Å². The third-order valence-corrected chi connectivity index (χ3v) is 4.76. The molecule has 0 spiro atoms. The summed E-state index contributed by atoms with van der Waals surface area (Å²) < 4.78 is 23.5. The van der Waals surface area contributed by atoms with E-state index >= 15 is 0 Å². The summed E-state index contributed by atoms with van der Waals surface area (Å²) in [5.74, 6) is 0.0427. The molecule has 0 fully saturated rings. The van der Waals surface area contributed by atoms with Gasteiger partial charge in [-0.25, -0.2) is 8.42 Å². The molecule has 16 heavy (non-hydrogen) atoms. The minimum atomic E-state index is -3.13. The second kappa shape index (κ2) is 5.89. The molecule has 1 aromatic carbocycles. The fourth-order valence-corrected chi connectivity index (χ4v) is 3.59. The molecule has 0 bridgehead atoms. The largest absolute Gasteiger partial charge is 0.228 e. The smallest absolute Gasteiger partial charge is 0.155 e. The van der Waals surface area contributed by atoms with Crippen LogP contribution in [0.15, 0.2) is 24.3 Å². The fourth-order valence-electron chi connectivity index (χ4n) is 1.29. The summed E-state index contributed by atoms with van der Waals surface area (Å²) in [5, 5.41) is 0.294. The molecule has 1 unspecified atom stereocenters. The molecule has 90 valence electrons. The second-order valence-corrected chi connectivity index (χ2v) is 6.85. The van der Waals surface area contributed by atoms with Crippen LogP contribution in [0.5, 0.6) is 0 Å². The molecule has 0 saturated carbocycles. The van der Waals surface area contributed by atoms with Crippen molar-refractivity contribution in [2.75, 3.05) is 5.75 Å². The molecule has 0 aromatic heterocycles. The van der Waals surface area contributed by atoms with Crippen LogP contribution in [0.25, 0.3) is 0 Å². The van der Waals surface area contributed by atoms with Crippen molar-refractivity contribution in [3.63, 3.8) is 0 Å². The van der Waals surface area contributed by atoms with E-state index in [1.54, 1.807) is 24.3 Å². The molecular formula is C11H14Cl2O2S. The van der Waals surface area contributed by atoms with Crippen LogP contribution in [0.4, 0.5) is 0 Å². The molecule has 0 aliphatic rings. The number of alkyl halides is 1. The second-order valence-electron chi connectivity index (χ2n) is 3.69. The van der Waals surface area contributed by atoms with E-state index in [1.165, 1.54) is 0 Å². The Labute approximate surface area is 106 Å². The van der Waals surface area contributed by atoms with Gasteiger partial charge in [0.05, 0.1) is 11.5 Å². The average molecular weight is 281 g/mol. The number of hydrogen-bond acceptors (Lipinski definition) is 2. The number of benzene rings is 1. The Morgan fingerprint density at radius 2 is 1.81 bits per heavy atom. The first-order valence-electron chi connectivity index (χ1n) is 5.02. The summed E-state index contributed by atoms with van der Waals surface area (Å²) in [7, 11) is -3.13. The van der Waals surface area contributed by atoms with E-state index in [1.807, 2.05) is 6.92 Å². The maximum atomic E-state index is 11.7. The number of sulfone groups is 1. The fraction of sp³-hybridized carbons (Fsp3) is 0.455. The highest BCUT2D eigenvalue weighted by Crippen LogP contribution is 2.14. The van der Waals surface area contributed by atoms with Crippen molar-refractivity contribution in [3.8, 4) is 0 Å². The molecule has 0 heterocycles. The molecule has 2 nitrogen and oxygen atoms in total. The van der Waals surface area contributed by atoms with Crippen molar-refractivity contribution in [2.24, 2.45) is 0 Å². The topological polar surface area (TPSA) is 34.1 Å². The third kappa shape index (κ3) is 4.73. The maximum absolute atomic E-state index is 11.7. The van der Waals surface area contributed by atoms with Crippen molar-refractivity contribution in [3.05, 3.63) is 34.9 Å². The Morgan fingerprint density at radius 1 is 1.25 bits per heavy atom. The van der Waals surface area contributed by atoms with Crippen molar-refractivity contribution in [1.82, 2.24) is 0 Å². The van der Waals surface area contributed by atoms with E-state index in [-0.39, 0.29) is 16.9 Å². The zero-order valence-corrected chi connectivity index (χ0v) is 11.3. The van der Waals surface area contributed by atoms with E-state index in [0.717, 1.165) is 5.56 Å². The van der Waals surface area contributed by atoms with Crippen LogP contribution < -0.4 is 0 Å². The monoisotopic (exact) mass is 280 g/mol.